The lowest BCUT2D eigenvalue weighted by atomic mass is 10.0. The molecule has 0 aliphatic heterocycles. The van der Waals surface area contributed by atoms with E-state index < -0.39 is 0 Å². The summed E-state index contributed by atoms with van der Waals surface area (Å²) in [7, 11) is 0. The zero-order valence-corrected chi connectivity index (χ0v) is 18.8. The number of anilines is 1. The van der Waals surface area contributed by atoms with E-state index in [0.29, 0.717) is 32.6 Å². The molecule has 0 aliphatic rings. The van der Waals surface area contributed by atoms with Crippen molar-refractivity contribution in [1.82, 2.24) is 4.98 Å². The van der Waals surface area contributed by atoms with E-state index in [1.165, 1.54) is 5.56 Å². The lowest BCUT2D eigenvalue weighted by molar-refractivity contribution is -0.103. The molecular formula is C23H22Cl2N2OS. The van der Waals surface area contributed by atoms with Crippen molar-refractivity contribution in [3.63, 3.8) is 0 Å². The molecule has 3 rings (SSSR count). The molecule has 2 aromatic carbocycles. The topological polar surface area (TPSA) is 58.9 Å². The van der Waals surface area contributed by atoms with Gasteiger partial charge in [-0.05, 0) is 67.8 Å². The van der Waals surface area contributed by atoms with E-state index in [1.54, 1.807) is 17.8 Å². The van der Waals surface area contributed by atoms with E-state index in [2.05, 4.69) is 11.9 Å². The monoisotopic (exact) mass is 444 g/mol. The van der Waals surface area contributed by atoms with Crippen LogP contribution in [0.5, 0.6) is 0 Å². The molecule has 0 fully saturated rings. The number of nitrogens with two attached hydrogens (primary N) is 1. The number of aryl methyl sites for hydroxylation is 1. The number of carbonyl (C=O) groups excluding carboxylic acids is 1. The van der Waals surface area contributed by atoms with Gasteiger partial charge in [-0.2, -0.15) is 0 Å². The highest BCUT2D eigenvalue weighted by Gasteiger charge is 2.12. The molecule has 0 aliphatic carbocycles. The highest BCUT2D eigenvalue weighted by Crippen LogP contribution is 2.34. The van der Waals surface area contributed by atoms with Gasteiger partial charge in [0.1, 0.15) is 0 Å². The van der Waals surface area contributed by atoms with E-state index >= 15 is 0 Å². The summed E-state index contributed by atoms with van der Waals surface area (Å²) >= 11 is 14.0. The summed E-state index contributed by atoms with van der Waals surface area (Å²) in [6, 6.07) is 11.3. The maximum Gasteiger partial charge on any atom is 0.150 e. The molecule has 29 heavy (non-hydrogen) atoms. The Kier molecular flexibility index (Phi) is 6.78. The summed E-state index contributed by atoms with van der Waals surface area (Å²) in [6.45, 7) is 6.12. The van der Waals surface area contributed by atoms with Gasteiger partial charge in [0.2, 0.25) is 0 Å². The van der Waals surface area contributed by atoms with Crippen LogP contribution in [0.1, 0.15) is 33.6 Å². The number of hydrogen-bond donors (Lipinski definition) is 2. The third-order valence-corrected chi connectivity index (χ3v) is 6.94. The van der Waals surface area contributed by atoms with Crippen molar-refractivity contribution in [3.05, 3.63) is 80.1 Å². The second kappa shape index (κ2) is 9.12. The summed E-state index contributed by atoms with van der Waals surface area (Å²) < 4.78 is 0. The number of allylic oxidation sites excluding steroid dienone is 1. The van der Waals surface area contributed by atoms with Crippen LogP contribution in [-0.4, -0.2) is 11.3 Å². The number of aromatic nitrogens is 1. The van der Waals surface area contributed by atoms with Gasteiger partial charge >= 0.3 is 0 Å². The third kappa shape index (κ3) is 4.72. The van der Waals surface area contributed by atoms with Crippen molar-refractivity contribution < 1.29 is 4.79 Å². The highest BCUT2D eigenvalue weighted by molar-refractivity contribution is 7.98. The van der Waals surface area contributed by atoms with E-state index in [4.69, 9.17) is 28.9 Å². The summed E-state index contributed by atoms with van der Waals surface area (Å²) in [5.74, 6) is 0.664. The Balaban J connectivity index is 1.91. The molecular weight excluding hydrogens is 423 g/mol. The molecule has 150 valence electrons. The van der Waals surface area contributed by atoms with Crippen molar-refractivity contribution in [3.8, 4) is 0 Å². The minimum absolute atomic E-state index is 0.537. The zero-order valence-electron chi connectivity index (χ0n) is 16.5. The summed E-state index contributed by atoms with van der Waals surface area (Å²) in [6.07, 6.45) is 2.70. The lowest BCUT2D eigenvalue weighted by Gasteiger charge is -2.10. The quantitative estimate of drug-likeness (QED) is 0.189. The molecule has 3 aromatic rings. The summed E-state index contributed by atoms with van der Waals surface area (Å²) in [5, 5.41) is 1.11. The van der Waals surface area contributed by atoms with Gasteiger partial charge in [-0.25, -0.2) is 0 Å². The number of aldehydes is 1. The number of H-pyrrole nitrogens is 1. The van der Waals surface area contributed by atoms with E-state index in [0.717, 1.165) is 33.7 Å². The van der Waals surface area contributed by atoms with Crippen LogP contribution in [0.2, 0.25) is 10.0 Å². The van der Waals surface area contributed by atoms with Crippen molar-refractivity contribution in [1.29, 1.82) is 0 Å². The standard InChI is InChI=1S/C23H22Cl2N2OS/c1-13-14(2)22(27-15(13)3)9-17(11-28)19-10-18(7-8-21(19)26)29-12-16-5-4-6-20(24)23(16)25/h4-11,27H,12,26H2,1-3H3/b17-9+. The summed E-state index contributed by atoms with van der Waals surface area (Å²) in [4.78, 5) is 16.2. The van der Waals surface area contributed by atoms with Gasteiger partial charge in [0.05, 0.1) is 10.0 Å². The van der Waals surface area contributed by atoms with E-state index in [-0.39, 0.29) is 0 Å². The molecule has 0 unspecified atom stereocenters. The summed E-state index contributed by atoms with van der Waals surface area (Å²) in [5.41, 5.74) is 13.3. The first-order valence-electron chi connectivity index (χ1n) is 9.10. The predicted molar refractivity (Wildman–Crippen MR) is 126 cm³/mol. The first-order valence-corrected chi connectivity index (χ1v) is 10.8. The average molecular weight is 445 g/mol. The fourth-order valence-corrected chi connectivity index (χ4v) is 4.44. The fourth-order valence-electron chi connectivity index (χ4n) is 3.04. The number of benzene rings is 2. The molecule has 3 nitrogen and oxygen atoms in total. The first-order chi connectivity index (χ1) is 13.8. The third-order valence-electron chi connectivity index (χ3n) is 5.04. The molecule has 0 radical (unpaired) electrons. The van der Waals surface area contributed by atoms with Crippen LogP contribution in [-0.2, 0) is 10.5 Å². The average Bonchev–Trinajstić information content (AvgIpc) is 2.95. The number of rotatable bonds is 6. The normalized spacial score (nSPS) is 11.7. The Bertz CT molecular complexity index is 1100. The fraction of sp³-hybridized carbons (Fsp3) is 0.174. The van der Waals surface area contributed by atoms with Gasteiger partial charge in [0, 0.05) is 38.9 Å². The van der Waals surface area contributed by atoms with Gasteiger partial charge in [0.15, 0.2) is 6.29 Å². The molecule has 1 aromatic heterocycles. The molecule has 0 spiro atoms. The van der Waals surface area contributed by atoms with Crippen LogP contribution >= 0.6 is 35.0 Å². The predicted octanol–water partition coefficient (Wildman–Crippen LogP) is 6.86. The van der Waals surface area contributed by atoms with Crippen molar-refractivity contribution >= 4 is 58.6 Å². The van der Waals surface area contributed by atoms with Crippen LogP contribution in [0.3, 0.4) is 0 Å². The molecule has 1 heterocycles. The second-order valence-electron chi connectivity index (χ2n) is 6.88. The minimum Gasteiger partial charge on any atom is -0.398 e. The number of carbonyl (C=O) groups is 1. The highest BCUT2D eigenvalue weighted by atomic mass is 35.5. The molecule has 0 amide bonds. The number of halogens is 2. The zero-order chi connectivity index (χ0) is 21.1. The minimum atomic E-state index is 0.537. The number of nitrogens with one attached hydrogen (secondary N) is 1. The van der Waals surface area contributed by atoms with Crippen LogP contribution < -0.4 is 5.73 Å². The Morgan fingerprint density at radius 2 is 1.90 bits per heavy atom. The number of hydrogen-bond acceptors (Lipinski definition) is 3. The largest absolute Gasteiger partial charge is 0.398 e. The molecule has 3 N–H and O–H groups in total. The van der Waals surface area contributed by atoms with E-state index in [9.17, 15) is 4.79 Å². The van der Waals surface area contributed by atoms with Crippen molar-refractivity contribution in [2.45, 2.75) is 31.4 Å². The van der Waals surface area contributed by atoms with Crippen molar-refractivity contribution in [2.75, 3.05) is 5.73 Å². The van der Waals surface area contributed by atoms with Crippen LogP contribution in [0.15, 0.2) is 41.3 Å². The number of nitrogen functional groups attached to an aromatic ring is 1. The first kappa shape index (κ1) is 21.6. The van der Waals surface area contributed by atoms with Gasteiger partial charge in [0.25, 0.3) is 0 Å². The number of thioether (sulfide) groups is 1. The molecule has 0 saturated carbocycles. The van der Waals surface area contributed by atoms with E-state index in [1.807, 2.05) is 50.3 Å². The Hall–Kier alpha value is -2.14. The molecule has 0 bridgehead atoms. The Labute approximate surface area is 185 Å². The maximum atomic E-state index is 11.9. The van der Waals surface area contributed by atoms with Crippen LogP contribution in [0, 0.1) is 20.8 Å². The van der Waals surface area contributed by atoms with Gasteiger partial charge < -0.3 is 10.7 Å². The van der Waals surface area contributed by atoms with Gasteiger partial charge in [-0.1, -0.05) is 35.3 Å². The van der Waals surface area contributed by atoms with Crippen molar-refractivity contribution in [2.24, 2.45) is 0 Å². The van der Waals surface area contributed by atoms with Gasteiger partial charge in [-0.15, -0.1) is 11.8 Å². The number of aromatic amines is 1. The van der Waals surface area contributed by atoms with Crippen LogP contribution in [0.4, 0.5) is 5.69 Å². The van der Waals surface area contributed by atoms with Crippen LogP contribution in [0.25, 0.3) is 11.6 Å². The molecule has 6 heteroatoms. The maximum absolute atomic E-state index is 11.9. The lowest BCUT2D eigenvalue weighted by Crippen LogP contribution is -1.96. The smallest absolute Gasteiger partial charge is 0.150 e. The molecule has 0 saturated heterocycles. The second-order valence-corrected chi connectivity index (χ2v) is 8.72. The Morgan fingerprint density at radius 1 is 1.14 bits per heavy atom. The molecule has 0 atom stereocenters. The Morgan fingerprint density at radius 3 is 2.55 bits per heavy atom. The van der Waals surface area contributed by atoms with Gasteiger partial charge in [-0.3, -0.25) is 4.79 Å². The SMILES string of the molecule is Cc1[nH]c(/C=C(\C=O)c2cc(SCc3cccc(Cl)c3Cl)ccc2N)c(C)c1C.